The van der Waals surface area contributed by atoms with E-state index in [4.69, 9.17) is 5.73 Å². The van der Waals surface area contributed by atoms with Gasteiger partial charge in [-0.05, 0) is 46.2 Å². The summed E-state index contributed by atoms with van der Waals surface area (Å²) in [7, 11) is 0. The zero-order valence-corrected chi connectivity index (χ0v) is 11.4. The number of nitrogens with zero attached hydrogens (tertiary/aromatic N) is 2. The average Bonchev–Trinajstić information content (AvgIpc) is 2.32. The van der Waals surface area contributed by atoms with Crippen molar-refractivity contribution < 1.29 is 0 Å². The Morgan fingerprint density at radius 1 is 1.50 bits per heavy atom. The van der Waals surface area contributed by atoms with Gasteiger partial charge in [-0.15, -0.1) is 0 Å². The first-order chi connectivity index (χ1) is 7.75. The smallest absolute Gasteiger partial charge is 0.221 e. The van der Waals surface area contributed by atoms with Crippen molar-refractivity contribution in [1.29, 1.82) is 0 Å². The van der Waals surface area contributed by atoms with E-state index in [0.717, 1.165) is 22.8 Å². The van der Waals surface area contributed by atoms with Crippen LogP contribution in [-0.2, 0) is 0 Å². The Kier molecular flexibility index (Phi) is 4.29. The SMILES string of the molecule is Nc1ncc(Br)c(NCC2CCSCC2)n1. The number of hydrogen-bond acceptors (Lipinski definition) is 5. The summed E-state index contributed by atoms with van der Waals surface area (Å²) in [6.07, 6.45) is 4.26. The average molecular weight is 303 g/mol. The quantitative estimate of drug-likeness (QED) is 0.897. The van der Waals surface area contributed by atoms with Gasteiger partial charge in [0.15, 0.2) is 0 Å². The highest BCUT2D eigenvalue weighted by Gasteiger charge is 2.14. The van der Waals surface area contributed by atoms with Crippen molar-refractivity contribution in [3.8, 4) is 0 Å². The standard InChI is InChI=1S/C10H15BrN4S/c11-8-6-14-10(12)15-9(8)13-5-7-1-3-16-4-2-7/h6-7H,1-5H2,(H3,12,13,14,15). The summed E-state index contributed by atoms with van der Waals surface area (Å²) in [6, 6.07) is 0. The van der Waals surface area contributed by atoms with Gasteiger partial charge in [0.25, 0.3) is 0 Å². The first kappa shape index (κ1) is 12.0. The Hall–Kier alpha value is -0.490. The third-order valence-corrected chi connectivity index (χ3v) is 4.29. The predicted molar refractivity (Wildman–Crippen MR) is 72.7 cm³/mol. The number of halogens is 1. The molecule has 0 unspecified atom stereocenters. The zero-order valence-electron chi connectivity index (χ0n) is 8.95. The zero-order chi connectivity index (χ0) is 11.4. The molecule has 16 heavy (non-hydrogen) atoms. The van der Waals surface area contributed by atoms with E-state index >= 15 is 0 Å². The summed E-state index contributed by atoms with van der Waals surface area (Å²) in [5, 5.41) is 3.34. The lowest BCUT2D eigenvalue weighted by molar-refractivity contribution is 0.515. The van der Waals surface area contributed by atoms with Crippen LogP contribution >= 0.6 is 27.7 Å². The highest BCUT2D eigenvalue weighted by atomic mass is 79.9. The highest BCUT2D eigenvalue weighted by Crippen LogP contribution is 2.24. The Morgan fingerprint density at radius 2 is 2.25 bits per heavy atom. The van der Waals surface area contributed by atoms with Crippen molar-refractivity contribution in [2.75, 3.05) is 29.1 Å². The van der Waals surface area contributed by atoms with E-state index in [9.17, 15) is 0 Å². The fraction of sp³-hybridized carbons (Fsp3) is 0.600. The van der Waals surface area contributed by atoms with Gasteiger partial charge in [0.05, 0.1) is 4.47 Å². The monoisotopic (exact) mass is 302 g/mol. The second kappa shape index (κ2) is 5.72. The van der Waals surface area contributed by atoms with Gasteiger partial charge in [0, 0.05) is 12.7 Å². The summed E-state index contributed by atoms with van der Waals surface area (Å²) in [4.78, 5) is 8.07. The van der Waals surface area contributed by atoms with E-state index in [0.29, 0.717) is 5.95 Å². The number of anilines is 2. The van der Waals surface area contributed by atoms with Gasteiger partial charge in [0.2, 0.25) is 5.95 Å². The third-order valence-electron chi connectivity index (χ3n) is 2.66. The fourth-order valence-electron chi connectivity index (χ4n) is 1.70. The van der Waals surface area contributed by atoms with E-state index in [2.05, 4.69) is 31.2 Å². The first-order valence-corrected chi connectivity index (χ1v) is 7.30. The van der Waals surface area contributed by atoms with E-state index in [1.165, 1.54) is 24.3 Å². The van der Waals surface area contributed by atoms with Crippen LogP contribution in [0, 0.1) is 5.92 Å². The number of nitrogens with two attached hydrogens (primary N) is 1. The third kappa shape index (κ3) is 3.25. The molecule has 0 saturated carbocycles. The molecule has 0 aliphatic carbocycles. The van der Waals surface area contributed by atoms with Crippen LogP contribution in [0.15, 0.2) is 10.7 Å². The first-order valence-electron chi connectivity index (χ1n) is 5.35. The van der Waals surface area contributed by atoms with Crippen LogP contribution in [0.3, 0.4) is 0 Å². The van der Waals surface area contributed by atoms with E-state index < -0.39 is 0 Å². The normalized spacial score (nSPS) is 17.3. The Bertz CT molecular complexity index is 355. The van der Waals surface area contributed by atoms with Crippen molar-refractivity contribution in [3.05, 3.63) is 10.7 Å². The maximum Gasteiger partial charge on any atom is 0.221 e. The van der Waals surface area contributed by atoms with E-state index in [-0.39, 0.29) is 0 Å². The molecule has 2 heterocycles. The lowest BCUT2D eigenvalue weighted by Gasteiger charge is -2.21. The summed E-state index contributed by atoms with van der Waals surface area (Å²) in [5.41, 5.74) is 5.55. The molecule has 1 saturated heterocycles. The molecule has 1 aliphatic rings. The maximum absolute atomic E-state index is 5.55. The highest BCUT2D eigenvalue weighted by molar-refractivity contribution is 9.10. The molecule has 1 aliphatic heterocycles. The van der Waals surface area contributed by atoms with Gasteiger partial charge >= 0.3 is 0 Å². The molecule has 1 aromatic heterocycles. The number of rotatable bonds is 3. The molecule has 2 rings (SSSR count). The Morgan fingerprint density at radius 3 is 3.00 bits per heavy atom. The van der Waals surface area contributed by atoms with Gasteiger partial charge < -0.3 is 11.1 Å². The molecule has 0 atom stereocenters. The van der Waals surface area contributed by atoms with Crippen LogP contribution in [0.1, 0.15) is 12.8 Å². The van der Waals surface area contributed by atoms with Crippen molar-refractivity contribution >= 4 is 39.5 Å². The van der Waals surface area contributed by atoms with Crippen molar-refractivity contribution in [2.24, 2.45) is 5.92 Å². The van der Waals surface area contributed by atoms with Crippen LogP contribution in [-0.4, -0.2) is 28.0 Å². The van der Waals surface area contributed by atoms with Crippen molar-refractivity contribution in [3.63, 3.8) is 0 Å². The largest absolute Gasteiger partial charge is 0.369 e. The fourth-order valence-corrected chi connectivity index (χ4v) is 3.23. The summed E-state index contributed by atoms with van der Waals surface area (Å²) in [5.74, 6) is 4.42. The lowest BCUT2D eigenvalue weighted by atomic mass is 10.0. The number of thioether (sulfide) groups is 1. The van der Waals surface area contributed by atoms with Crippen LogP contribution in [0.4, 0.5) is 11.8 Å². The summed E-state index contributed by atoms with van der Waals surface area (Å²) in [6.45, 7) is 0.968. The summed E-state index contributed by atoms with van der Waals surface area (Å²) < 4.78 is 0.867. The number of hydrogen-bond donors (Lipinski definition) is 2. The second-order valence-corrected chi connectivity index (χ2v) is 5.94. The molecular formula is C10H15BrN4S. The number of nitrogens with one attached hydrogen (secondary N) is 1. The van der Waals surface area contributed by atoms with Gasteiger partial charge in [-0.25, -0.2) is 4.98 Å². The minimum atomic E-state index is 0.310. The van der Waals surface area contributed by atoms with Crippen LogP contribution in [0.2, 0.25) is 0 Å². The Labute approximate surface area is 108 Å². The maximum atomic E-state index is 5.55. The molecule has 4 nitrogen and oxygen atoms in total. The number of nitrogen functional groups attached to an aromatic ring is 1. The predicted octanol–water partition coefficient (Wildman–Crippen LogP) is 2.38. The molecule has 0 aromatic carbocycles. The molecule has 1 aromatic rings. The minimum Gasteiger partial charge on any atom is -0.369 e. The summed E-state index contributed by atoms with van der Waals surface area (Å²) >= 11 is 5.45. The van der Waals surface area contributed by atoms with Gasteiger partial charge in [-0.2, -0.15) is 16.7 Å². The van der Waals surface area contributed by atoms with E-state index in [1.54, 1.807) is 6.20 Å². The molecule has 0 radical (unpaired) electrons. The number of aromatic nitrogens is 2. The Balaban J connectivity index is 1.90. The molecule has 0 bridgehead atoms. The molecule has 0 amide bonds. The van der Waals surface area contributed by atoms with Gasteiger partial charge in [0.1, 0.15) is 5.82 Å². The van der Waals surface area contributed by atoms with Crippen LogP contribution in [0.5, 0.6) is 0 Å². The molecule has 3 N–H and O–H groups in total. The van der Waals surface area contributed by atoms with Crippen molar-refractivity contribution in [2.45, 2.75) is 12.8 Å². The van der Waals surface area contributed by atoms with Gasteiger partial charge in [-0.1, -0.05) is 0 Å². The topological polar surface area (TPSA) is 63.8 Å². The molecule has 88 valence electrons. The van der Waals surface area contributed by atoms with E-state index in [1.807, 2.05) is 11.8 Å². The molecule has 1 fully saturated rings. The molecular weight excluding hydrogens is 288 g/mol. The van der Waals surface area contributed by atoms with Crippen LogP contribution < -0.4 is 11.1 Å². The second-order valence-electron chi connectivity index (χ2n) is 3.86. The molecule has 6 heteroatoms. The lowest BCUT2D eigenvalue weighted by Crippen LogP contribution is -2.20. The minimum absolute atomic E-state index is 0.310. The van der Waals surface area contributed by atoms with Gasteiger partial charge in [-0.3, -0.25) is 0 Å². The van der Waals surface area contributed by atoms with Crippen LogP contribution in [0.25, 0.3) is 0 Å². The van der Waals surface area contributed by atoms with Crippen molar-refractivity contribution in [1.82, 2.24) is 9.97 Å². The molecule has 0 spiro atoms.